The van der Waals surface area contributed by atoms with Crippen molar-refractivity contribution in [2.24, 2.45) is 11.7 Å². The summed E-state index contributed by atoms with van der Waals surface area (Å²) in [4.78, 5) is 2.43. The SMILES string of the molecule is Cl.NCC1CCCN(CC(c2ccc(F)cc2)c2ccc(F)cc2)C1. The Bertz CT molecular complexity index is 600. The van der Waals surface area contributed by atoms with Gasteiger partial charge in [0.05, 0.1) is 0 Å². The number of nitrogens with zero attached hydrogens (tertiary/aromatic N) is 1. The lowest BCUT2D eigenvalue weighted by molar-refractivity contribution is 0.173. The summed E-state index contributed by atoms with van der Waals surface area (Å²) in [6.07, 6.45) is 2.34. The summed E-state index contributed by atoms with van der Waals surface area (Å²) in [5.41, 5.74) is 7.95. The Hall–Kier alpha value is -1.49. The molecule has 0 aromatic heterocycles. The fourth-order valence-corrected chi connectivity index (χ4v) is 3.56. The first-order valence-corrected chi connectivity index (χ1v) is 8.59. The molecule has 1 heterocycles. The van der Waals surface area contributed by atoms with Crippen LogP contribution in [0.5, 0.6) is 0 Å². The van der Waals surface area contributed by atoms with Gasteiger partial charge in [-0.25, -0.2) is 8.78 Å². The maximum Gasteiger partial charge on any atom is 0.123 e. The predicted molar refractivity (Wildman–Crippen MR) is 100 cm³/mol. The number of rotatable bonds is 5. The second-order valence-electron chi connectivity index (χ2n) is 6.66. The molecule has 1 aliphatic rings. The number of likely N-dealkylation sites (tertiary alicyclic amines) is 1. The van der Waals surface area contributed by atoms with Gasteiger partial charge in [-0.15, -0.1) is 12.4 Å². The fourth-order valence-electron chi connectivity index (χ4n) is 3.56. The van der Waals surface area contributed by atoms with Crippen molar-refractivity contribution in [2.75, 3.05) is 26.2 Å². The van der Waals surface area contributed by atoms with Gasteiger partial charge >= 0.3 is 0 Å². The van der Waals surface area contributed by atoms with Crippen molar-refractivity contribution in [1.29, 1.82) is 0 Å². The highest BCUT2D eigenvalue weighted by molar-refractivity contribution is 5.85. The number of piperidine rings is 1. The van der Waals surface area contributed by atoms with Gasteiger partial charge in [0.15, 0.2) is 0 Å². The third-order valence-corrected chi connectivity index (χ3v) is 4.92. The van der Waals surface area contributed by atoms with E-state index in [0.29, 0.717) is 12.5 Å². The third-order valence-electron chi connectivity index (χ3n) is 4.92. The first-order chi connectivity index (χ1) is 11.7. The summed E-state index contributed by atoms with van der Waals surface area (Å²) in [7, 11) is 0. The number of hydrogen-bond acceptors (Lipinski definition) is 2. The second-order valence-corrected chi connectivity index (χ2v) is 6.66. The molecule has 5 heteroatoms. The number of benzene rings is 2. The normalized spacial score (nSPS) is 18.2. The van der Waals surface area contributed by atoms with E-state index in [1.807, 2.05) is 24.3 Å². The van der Waals surface area contributed by atoms with Gasteiger partial charge in [0.25, 0.3) is 0 Å². The average Bonchev–Trinajstić information content (AvgIpc) is 2.62. The molecule has 1 unspecified atom stereocenters. The topological polar surface area (TPSA) is 29.3 Å². The molecule has 2 N–H and O–H groups in total. The molecule has 0 amide bonds. The van der Waals surface area contributed by atoms with E-state index in [-0.39, 0.29) is 30.0 Å². The highest BCUT2D eigenvalue weighted by Gasteiger charge is 2.23. The van der Waals surface area contributed by atoms with E-state index in [1.165, 1.54) is 30.7 Å². The third kappa shape index (κ3) is 5.24. The molecule has 0 aliphatic carbocycles. The summed E-state index contributed by atoms with van der Waals surface area (Å²) in [5.74, 6) is 0.166. The zero-order valence-electron chi connectivity index (χ0n) is 14.2. The molecule has 1 fully saturated rings. The quantitative estimate of drug-likeness (QED) is 0.859. The Kier molecular flexibility index (Phi) is 7.36. The van der Waals surface area contributed by atoms with Crippen molar-refractivity contribution in [2.45, 2.75) is 18.8 Å². The van der Waals surface area contributed by atoms with Crippen LogP contribution in [-0.4, -0.2) is 31.1 Å². The van der Waals surface area contributed by atoms with Gasteiger partial charge in [-0.2, -0.15) is 0 Å². The van der Waals surface area contributed by atoms with Gasteiger partial charge in [-0.3, -0.25) is 0 Å². The maximum atomic E-state index is 13.3. The van der Waals surface area contributed by atoms with Crippen molar-refractivity contribution in [3.63, 3.8) is 0 Å². The lowest BCUT2D eigenvalue weighted by Crippen LogP contribution is -2.40. The monoisotopic (exact) mass is 366 g/mol. The van der Waals surface area contributed by atoms with Crippen LogP contribution in [0.1, 0.15) is 29.9 Å². The highest BCUT2D eigenvalue weighted by Crippen LogP contribution is 2.28. The second kappa shape index (κ2) is 9.27. The summed E-state index contributed by atoms with van der Waals surface area (Å²) in [6, 6.07) is 13.3. The Labute approximate surface area is 154 Å². The van der Waals surface area contributed by atoms with Gasteiger partial charge in [-0.05, 0) is 67.2 Å². The molecule has 2 nitrogen and oxygen atoms in total. The van der Waals surface area contributed by atoms with Crippen LogP contribution in [0.4, 0.5) is 8.78 Å². The number of nitrogens with two attached hydrogens (primary N) is 1. The van der Waals surface area contributed by atoms with Crippen LogP contribution in [0.25, 0.3) is 0 Å². The largest absolute Gasteiger partial charge is 0.330 e. The minimum Gasteiger partial charge on any atom is -0.330 e. The maximum absolute atomic E-state index is 13.3. The molecule has 2 aromatic rings. The Balaban J connectivity index is 0.00000225. The van der Waals surface area contributed by atoms with E-state index in [4.69, 9.17) is 5.73 Å². The molecule has 1 atom stereocenters. The standard InChI is InChI=1S/C20H24F2N2.ClH/c21-18-7-3-16(4-8-18)20(17-5-9-19(22)10-6-17)14-24-11-1-2-15(12-23)13-24;/h3-10,15,20H,1-2,11-14,23H2;1H. The first-order valence-electron chi connectivity index (χ1n) is 8.59. The molecule has 1 aliphatic heterocycles. The van der Waals surface area contributed by atoms with Crippen LogP contribution in [0.3, 0.4) is 0 Å². The molecule has 1 saturated heterocycles. The molecule has 25 heavy (non-hydrogen) atoms. The van der Waals surface area contributed by atoms with Crippen molar-refractivity contribution in [3.05, 3.63) is 71.3 Å². The summed E-state index contributed by atoms with van der Waals surface area (Å²) < 4.78 is 26.6. The van der Waals surface area contributed by atoms with Crippen molar-refractivity contribution in [1.82, 2.24) is 4.90 Å². The molecular formula is C20H25ClF2N2. The minimum atomic E-state index is -0.238. The molecule has 0 saturated carbocycles. The lowest BCUT2D eigenvalue weighted by Gasteiger charge is -2.35. The van der Waals surface area contributed by atoms with Crippen LogP contribution in [0, 0.1) is 17.6 Å². The van der Waals surface area contributed by atoms with Crippen LogP contribution >= 0.6 is 12.4 Å². The van der Waals surface area contributed by atoms with Gasteiger partial charge in [0.1, 0.15) is 11.6 Å². The number of hydrogen-bond donors (Lipinski definition) is 1. The van der Waals surface area contributed by atoms with Gasteiger partial charge in [0, 0.05) is 19.0 Å². The van der Waals surface area contributed by atoms with E-state index in [0.717, 1.165) is 37.2 Å². The van der Waals surface area contributed by atoms with Crippen LogP contribution in [0.2, 0.25) is 0 Å². The van der Waals surface area contributed by atoms with Crippen LogP contribution in [-0.2, 0) is 0 Å². The fraction of sp³-hybridized carbons (Fsp3) is 0.400. The van der Waals surface area contributed by atoms with Crippen LogP contribution < -0.4 is 5.73 Å². The smallest absolute Gasteiger partial charge is 0.123 e. The first kappa shape index (κ1) is 19.8. The summed E-state index contributed by atoms with van der Waals surface area (Å²) in [5, 5.41) is 0. The predicted octanol–water partition coefficient (Wildman–Crippen LogP) is 4.19. The van der Waals surface area contributed by atoms with E-state index >= 15 is 0 Å². The minimum absolute atomic E-state index is 0. The van der Waals surface area contributed by atoms with Crippen molar-refractivity contribution in [3.8, 4) is 0 Å². The molecule has 2 aromatic carbocycles. The Morgan fingerprint density at radius 2 is 1.48 bits per heavy atom. The summed E-state index contributed by atoms with van der Waals surface area (Å²) in [6.45, 7) is 3.60. The van der Waals surface area contributed by atoms with Crippen molar-refractivity contribution >= 4 is 12.4 Å². The van der Waals surface area contributed by atoms with Gasteiger partial charge < -0.3 is 10.6 Å². The molecule has 0 spiro atoms. The van der Waals surface area contributed by atoms with Gasteiger partial charge in [-0.1, -0.05) is 24.3 Å². The summed E-state index contributed by atoms with van der Waals surface area (Å²) >= 11 is 0. The zero-order chi connectivity index (χ0) is 16.9. The zero-order valence-corrected chi connectivity index (χ0v) is 15.0. The average molecular weight is 367 g/mol. The van der Waals surface area contributed by atoms with E-state index in [2.05, 4.69) is 4.90 Å². The Morgan fingerprint density at radius 1 is 0.960 bits per heavy atom. The highest BCUT2D eigenvalue weighted by atomic mass is 35.5. The molecule has 3 rings (SSSR count). The lowest BCUT2D eigenvalue weighted by atomic mass is 9.89. The van der Waals surface area contributed by atoms with Crippen molar-refractivity contribution < 1.29 is 8.78 Å². The molecule has 0 bridgehead atoms. The van der Waals surface area contributed by atoms with E-state index < -0.39 is 0 Å². The van der Waals surface area contributed by atoms with E-state index in [9.17, 15) is 8.78 Å². The van der Waals surface area contributed by atoms with Gasteiger partial charge in [0.2, 0.25) is 0 Å². The Morgan fingerprint density at radius 3 is 1.96 bits per heavy atom. The number of halogens is 3. The molecular weight excluding hydrogens is 342 g/mol. The van der Waals surface area contributed by atoms with E-state index in [1.54, 1.807) is 0 Å². The molecule has 0 radical (unpaired) electrons. The van der Waals surface area contributed by atoms with Crippen LogP contribution in [0.15, 0.2) is 48.5 Å². The molecule has 136 valence electrons.